The number of ether oxygens (including phenoxy) is 1. The van der Waals surface area contributed by atoms with Crippen molar-refractivity contribution >= 4 is 26.8 Å². The average molecular weight is 349 g/mol. The fourth-order valence-electron chi connectivity index (χ4n) is 2.41. The third-order valence-corrected chi connectivity index (χ3v) is 5.25. The van der Waals surface area contributed by atoms with Crippen LogP contribution in [-0.4, -0.2) is 67.6 Å². The summed E-state index contributed by atoms with van der Waals surface area (Å²) >= 11 is 0. The van der Waals surface area contributed by atoms with E-state index in [1.165, 1.54) is 7.05 Å². The van der Waals surface area contributed by atoms with Gasteiger partial charge >= 0.3 is 0 Å². The fraction of sp³-hybridized carbons (Fsp3) is 0.375. The number of nitrogens with zero attached hydrogens (tertiary/aromatic N) is 3. The van der Waals surface area contributed by atoms with Gasteiger partial charge in [0.15, 0.2) is 0 Å². The van der Waals surface area contributed by atoms with Crippen LogP contribution in [0, 0.1) is 0 Å². The van der Waals surface area contributed by atoms with Gasteiger partial charge in [-0.1, -0.05) is 18.2 Å². The van der Waals surface area contributed by atoms with Gasteiger partial charge in [0.2, 0.25) is 21.8 Å². The number of carbonyl (C=O) groups excluding carboxylic acids is 1. The van der Waals surface area contributed by atoms with Crippen LogP contribution in [-0.2, 0) is 14.8 Å². The number of amides is 1. The molecule has 0 saturated carbocycles. The topological polar surface area (TPSA) is 79.8 Å². The van der Waals surface area contributed by atoms with Crippen molar-refractivity contribution < 1.29 is 17.9 Å². The Balaban J connectivity index is 1.53. The van der Waals surface area contributed by atoms with Crippen molar-refractivity contribution in [3.8, 4) is 5.88 Å². The first kappa shape index (κ1) is 16.7. The van der Waals surface area contributed by atoms with Gasteiger partial charge in [0.1, 0.15) is 6.10 Å². The van der Waals surface area contributed by atoms with E-state index in [-0.39, 0.29) is 18.6 Å². The predicted molar refractivity (Wildman–Crippen MR) is 90.2 cm³/mol. The molecule has 1 aromatic carbocycles. The Morgan fingerprint density at radius 1 is 1.29 bits per heavy atom. The second kappa shape index (κ2) is 6.37. The van der Waals surface area contributed by atoms with Gasteiger partial charge in [-0.2, -0.15) is 4.31 Å². The van der Waals surface area contributed by atoms with E-state index in [0.717, 1.165) is 21.5 Å². The summed E-state index contributed by atoms with van der Waals surface area (Å²) in [5.74, 6) is 0.299. The number of likely N-dealkylation sites (tertiary alicyclic amines) is 1. The molecule has 2 heterocycles. The van der Waals surface area contributed by atoms with Gasteiger partial charge in [-0.05, 0) is 12.1 Å². The van der Waals surface area contributed by atoms with E-state index in [1.54, 1.807) is 4.90 Å². The van der Waals surface area contributed by atoms with Crippen molar-refractivity contribution in [2.75, 3.05) is 32.9 Å². The molecule has 0 unspecified atom stereocenters. The van der Waals surface area contributed by atoms with Crippen molar-refractivity contribution in [1.29, 1.82) is 0 Å². The summed E-state index contributed by atoms with van der Waals surface area (Å²) in [6.07, 6.45) is 0.958. The third kappa shape index (κ3) is 3.65. The van der Waals surface area contributed by atoms with E-state index >= 15 is 0 Å². The van der Waals surface area contributed by atoms with Crippen LogP contribution < -0.4 is 4.74 Å². The highest BCUT2D eigenvalue weighted by atomic mass is 32.2. The number of likely N-dealkylation sites (N-methyl/N-ethyl adjacent to an activating group) is 1. The van der Waals surface area contributed by atoms with Crippen LogP contribution in [0.3, 0.4) is 0 Å². The van der Waals surface area contributed by atoms with E-state index in [9.17, 15) is 13.2 Å². The van der Waals surface area contributed by atoms with E-state index in [1.807, 2.05) is 36.4 Å². The standard InChI is InChI=1S/C16H19N3O4S/c1-18(24(2,21)22)11-16(20)19-9-13(10-19)23-15-8-7-12-5-3-4-6-14(12)17-15/h3-8,13H,9-11H2,1-2H3. The molecule has 7 nitrogen and oxygen atoms in total. The minimum absolute atomic E-state index is 0.119. The van der Waals surface area contributed by atoms with Gasteiger partial charge in [-0.25, -0.2) is 13.4 Å². The number of carbonyl (C=O) groups is 1. The number of fused-ring (bicyclic) bond motifs is 1. The van der Waals surface area contributed by atoms with Gasteiger partial charge in [0.25, 0.3) is 0 Å². The minimum Gasteiger partial charge on any atom is -0.471 e. The molecule has 1 aromatic heterocycles. The summed E-state index contributed by atoms with van der Waals surface area (Å²) in [6, 6.07) is 11.5. The Kier molecular flexibility index (Phi) is 4.42. The summed E-state index contributed by atoms with van der Waals surface area (Å²) < 4.78 is 29.5. The van der Waals surface area contributed by atoms with Crippen LogP contribution in [0.25, 0.3) is 10.9 Å². The number of aromatic nitrogens is 1. The molecule has 24 heavy (non-hydrogen) atoms. The molecule has 3 rings (SSSR count). The smallest absolute Gasteiger partial charge is 0.238 e. The molecule has 1 saturated heterocycles. The normalized spacial score (nSPS) is 15.5. The second-order valence-corrected chi connectivity index (χ2v) is 7.99. The molecule has 0 N–H and O–H groups in total. The summed E-state index contributed by atoms with van der Waals surface area (Å²) in [5, 5.41) is 1.04. The Labute approximate surface area is 140 Å². The number of para-hydroxylation sites is 1. The Morgan fingerprint density at radius 3 is 2.71 bits per heavy atom. The van der Waals surface area contributed by atoms with E-state index in [2.05, 4.69) is 4.98 Å². The molecule has 0 bridgehead atoms. The molecule has 0 spiro atoms. The lowest BCUT2D eigenvalue weighted by Crippen LogP contribution is -2.58. The maximum atomic E-state index is 12.0. The largest absolute Gasteiger partial charge is 0.471 e. The van der Waals surface area contributed by atoms with Gasteiger partial charge in [0, 0.05) is 18.5 Å². The molecule has 1 fully saturated rings. The van der Waals surface area contributed by atoms with Crippen LogP contribution in [0.15, 0.2) is 36.4 Å². The predicted octanol–water partition coefficient (Wildman–Crippen LogP) is 0.716. The Morgan fingerprint density at radius 2 is 2.00 bits per heavy atom. The molecular formula is C16H19N3O4S. The molecule has 0 aliphatic carbocycles. The molecule has 0 radical (unpaired) electrons. The number of hydrogen-bond donors (Lipinski definition) is 0. The lowest BCUT2D eigenvalue weighted by atomic mass is 10.1. The minimum atomic E-state index is -3.35. The highest BCUT2D eigenvalue weighted by Crippen LogP contribution is 2.20. The Bertz CT molecular complexity index is 863. The average Bonchev–Trinajstić information content (AvgIpc) is 2.49. The van der Waals surface area contributed by atoms with Crippen LogP contribution in [0.2, 0.25) is 0 Å². The number of benzene rings is 1. The highest BCUT2D eigenvalue weighted by Gasteiger charge is 2.33. The molecule has 128 valence electrons. The maximum absolute atomic E-state index is 12.0. The van der Waals surface area contributed by atoms with E-state index in [0.29, 0.717) is 19.0 Å². The summed E-state index contributed by atoms with van der Waals surface area (Å²) in [4.78, 5) is 18.0. The number of pyridine rings is 1. The molecule has 1 aliphatic rings. The third-order valence-electron chi connectivity index (χ3n) is 3.99. The number of hydrogen-bond acceptors (Lipinski definition) is 5. The Hall–Kier alpha value is -2.19. The maximum Gasteiger partial charge on any atom is 0.238 e. The van der Waals surface area contributed by atoms with Gasteiger partial charge in [-0.15, -0.1) is 0 Å². The van der Waals surface area contributed by atoms with Gasteiger partial charge in [-0.3, -0.25) is 4.79 Å². The lowest BCUT2D eigenvalue weighted by Gasteiger charge is -2.39. The molecule has 0 atom stereocenters. The molecule has 2 aromatic rings. The van der Waals surface area contributed by atoms with Crippen molar-refractivity contribution in [3.63, 3.8) is 0 Å². The quantitative estimate of drug-likeness (QED) is 0.794. The van der Waals surface area contributed by atoms with E-state index < -0.39 is 10.0 Å². The second-order valence-electron chi connectivity index (χ2n) is 5.90. The van der Waals surface area contributed by atoms with Gasteiger partial charge < -0.3 is 9.64 Å². The van der Waals surface area contributed by atoms with Crippen LogP contribution in [0.5, 0.6) is 5.88 Å². The van der Waals surface area contributed by atoms with Crippen LogP contribution in [0.1, 0.15) is 0 Å². The van der Waals surface area contributed by atoms with Crippen molar-refractivity contribution in [3.05, 3.63) is 36.4 Å². The fourth-order valence-corrected chi connectivity index (χ4v) is 2.75. The highest BCUT2D eigenvalue weighted by molar-refractivity contribution is 7.88. The van der Waals surface area contributed by atoms with Crippen LogP contribution >= 0.6 is 0 Å². The molecule has 1 aliphatic heterocycles. The van der Waals surface area contributed by atoms with Crippen LogP contribution in [0.4, 0.5) is 0 Å². The summed E-state index contributed by atoms with van der Waals surface area (Å²) in [7, 11) is -1.96. The van der Waals surface area contributed by atoms with Crippen molar-refractivity contribution in [2.24, 2.45) is 0 Å². The van der Waals surface area contributed by atoms with Crippen molar-refractivity contribution in [2.45, 2.75) is 6.10 Å². The monoisotopic (exact) mass is 349 g/mol. The molecule has 1 amide bonds. The lowest BCUT2D eigenvalue weighted by molar-refractivity contribution is -0.140. The van der Waals surface area contributed by atoms with Gasteiger partial charge in [0.05, 0.1) is 31.4 Å². The zero-order valence-electron chi connectivity index (χ0n) is 13.5. The number of sulfonamides is 1. The molecular weight excluding hydrogens is 330 g/mol. The zero-order valence-corrected chi connectivity index (χ0v) is 14.4. The first-order chi connectivity index (χ1) is 11.3. The first-order valence-corrected chi connectivity index (χ1v) is 9.39. The molecule has 8 heteroatoms. The summed E-state index contributed by atoms with van der Waals surface area (Å²) in [5.41, 5.74) is 0.858. The van der Waals surface area contributed by atoms with Crippen molar-refractivity contribution in [1.82, 2.24) is 14.2 Å². The SMILES string of the molecule is CN(CC(=O)N1CC(Oc2ccc3ccccc3n2)C1)S(C)(=O)=O. The number of rotatable bonds is 5. The first-order valence-electron chi connectivity index (χ1n) is 7.54. The summed E-state index contributed by atoms with van der Waals surface area (Å²) in [6.45, 7) is 0.718. The van der Waals surface area contributed by atoms with E-state index in [4.69, 9.17) is 4.74 Å². The zero-order chi connectivity index (χ0) is 17.3.